The van der Waals surface area contributed by atoms with Crippen LogP contribution in [-0.2, 0) is 11.3 Å². The number of likely N-dealkylation sites (tertiary alicyclic amines) is 1. The van der Waals surface area contributed by atoms with Gasteiger partial charge in [-0.15, -0.1) is 0 Å². The molecule has 1 aliphatic rings. The Morgan fingerprint density at radius 3 is 2.75 bits per heavy atom. The molecule has 1 saturated heterocycles. The highest BCUT2D eigenvalue weighted by Gasteiger charge is 2.15. The van der Waals surface area contributed by atoms with Crippen molar-refractivity contribution in [2.75, 3.05) is 26.7 Å². The Kier molecular flexibility index (Phi) is 5.35. The number of carbonyl (C=O) groups is 1. The van der Waals surface area contributed by atoms with Crippen LogP contribution in [0.3, 0.4) is 0 Å². The van der Waals surface area contributed by atoms with Gasteiger partial charge in [0.25, 0.3) is 0 Å². The van der Waals surface area contributed by atoms with Crippen molar-refractivity contribution in [2.45, 2.75) is 25.8 Å². The Morgan fingerprint density at radius 1 is 1.35 bits per heavy atom. The minimum atomic E-state index is -0.380. The molecule has 1 aromatic carbocycles. The first-order chi connectivity index (χ1) is 9.70. The van der Waals surface area contributed by atoms with Gasteiger partial charge >= 0.3 is 0 Å². The smallest absolute Gasteiger partial charge is 0.236 e. The van der Waals surface area contributed by atoms with Crippen molar-refractivity contribution in [1.29, 1.82) is 0 Å². The normalized spacial score (nSPS) is 15.2. The van der Waals surface area contributed by atoms with E-state index in [9.17, 15) is 9.18 Å². The van der Waals surface area contributed by atoms with E-state index in [1.54, 1.807) is 12.1 Å². The van der Waals surface area contributed by atoms with Crippen LogP contribution in [0.2, 0.25) is 0 Å². The fraction of sp³-hybridized carbons (Fsp3) is 0.533. The number of ether oxygens (including phenoxy) is 1. The second-order valence-corrected chi connectivity index (χ2v) is 5.01. The van der Waals surface area contributed by atoms with Crippen LogP contribution < -0.4 is 10.1 Å². The molecule has 20 heavy (non-hydrogen) atoms. The third kappa shape index (κ3) is 3.93. The molecule has 0 bridgehead atoms. The van der Waals surface area contributed by atoms with Crippen LogP contribution in [0.1, 0.15) is 24.8 Å². The van der Waals surface area contributed by atoms with E-state index in [2.05, 4.69) is 5.32 Å². The van der Waals surface area contributed by atoms with Gasteiger partial charge in [0.2, 0.25) is 5.91 Å². The highest BCUT2D eigenvalue weighted by Crippen LogP contribution is 2.17. The third-order valence-corrected chi connectivity index (χ3v) is 3.53. The molecular weight excluding hydrogens is 259 g/mol. The molecule has 1 amide bonds. The van der Waals surface area contributed by atoms with Crippen molar-refractivity contribution >= 4 is 5.91 Å². The van der Waals surface area contributed by atoms with Crippen LogP contribution in [-0.4, -0.2) is 37.6 Å². The van der Waals surface area contributed by atoms with Gasteiger partial charge in [-0.25, -0.2) is 4.39 Å². The van der Waals surface area contributed by atoms with Gasteiger partial charge in [0.05, 0.1) is 13.7 Å². The molecule has 0 spiro atoms. The number of nitrogens with one attached hydrogen (secondary N) is 1. The van der Waals surface area contributed by atoms with E-state index in [1.165, 1.54) is 19.6 Å². The number of nitrogens with zero attached hydrogens (tertiary/aromatic N) is 1. The summed E-state index contributed by atoms with van der Waals surface area (Å²) in [5, 5.41) is 3.06. The molecular formula is C15H21FN2O2. The maximum atomic E-state index is 13.5. The number of rotatable bonds is 5. The summed E-state index contributed by atoms with van der Waals surface area (Å²) in [6, 6.07) is 4.82. The minimum Gasteiger partial charge on any atom is -0.494 e. The second kappa shape index (κ2) is 7.24. The first kappa shape index (κ1) is 14.8. The largest absolute Gasteiger partial charge is 0.494 e. The van der Waals surface area contributed by atoms with Gasteiger partial charge in [0.1, 0.15) is 0 Å². The third-order valence-electron chi connectivity index (χ3n) is 3.53. The van der Waals surface area contributed by atoms with Crippen molar-refractivity contribution in [3.05, 3.63) is 29.6 Å². The lowest BCUT2D eigenvalue weighted by Gasteiger charge is -2.26. The maximum absolute atomic E-state index is 13.5. The van der Waals surface area contributed by atoms with Crippen molar-refractivity contribution < 1.29 is 13.9 Å². The molecule has 1 aliphatic heterocycles. The number of hydrogen-bond donors (Lipinski definition) is 1. The summed E-state index contributed by atoms with van der Waals surface area (Å²) in [5.41, 5.74) is 0.801. The van der Waals surface area contributed by atoms with Crippen LogP contribution in [0, 0.1) is 5.82 Å². The van der Waals surface area contributed by atoms with E-state index >= 15 is 0 Å². The molecule has 1 N–H and O–H groups in total. The van der Waals surface area contributed by atoms with Crippen LogP contribution in [0.5, 0.6) is 5.75 Å². The summed E-state index contributed by atoms with van der Waals surface area (Å²) in [7, 11) is 1.44. The van der Waals surface area contributed by atoms with E-state index in [-0.39, 0.29) is 17.5 Å². The van der Waals surface area contributed by atoms with Gasteiger partial charge in [-0.2, -0.15) is 0 Å². The molecule has 1 aromatic rings. The lowest BCUT2D eigenvalue weighted by atomic mass is 10.1. The Bertz CT molecular complexity index is 459. The summed E-state index contributed by atoms with van der Waals surface area (Å²) in [6.07, 6.45) is 3.40. The SMILES string of the molecule is COc1ccc(CNCC(=O)N2CCCCC2)cc1F. The molecule has 0 radical (unpaired) electrons. The zero-order chi connectivity index (χ0) is 14.4. The number of hydrogen-bond acceptors (Lipinski definition) is 3. The minimum absolute atomic E-state index is 0.124. The van der Waals surface area contributed by atoms with Gasteiger partial charge in [-0.1, -0.05) is 6.07 Å². The summed E-state index contributed by atoms with van der Waals surface area (Å²) < 4.78 is 18.4. The van der Waals surface area contributed by atoms with Crippen LogP contribution in [0.4, 0.5) is 4.39 Å². The fourth-order valence-corrected chi connectivity index (χ4v) is 2.39. The first-order valence-corrected chi connectivity index (χ1v) is 7.01. The molecule has 0 aromatic heterocycles. The van der Waals surface area contributed by atoms with E-state index in [4.69, 9.17) is 4.74 Å². The van der Waals surface area contributed by atoms with Gasteiger partial charge in [0, 0.05) is 19.6 Å². The molecule has 2 rings (SSSR count). The van der Waals surface area contributed by atoms with Crippen molar-refractivity contribution in [2.24, 2.45) is 0 Å². The summed E-state index contributed by atoms with van der Waals surface area (Å²) in [6.45, 7) is 2.49. The number of amides is 1. The lowest BCUT2D eigenvalue weighted by molar-refractivity contribution is -0.131. The van der Waals surface area contributed by atoms with Crippen LogP contribution >= 0.6 is 0 Å². The zero-order valence-electron chi connectivity index (χ0n) is 11.8. The topological polar surface area (TPSA) is 41.6 Å². The van der Waals surface area contributed by atoms with Gasteiger partial charge < -0.3 is 15.0 Å². The van der Waals surface area contributed by atoms with Crippen LogP contribution in [0.25, 0.3) is 0 Å². The number of halogens is 1. The summed E-state index contributed by atoms with van der Waals surface area (Å²) >= 11 is 0. The van der Waals surface area contributed by atoms with Crippen molar-refractivity contribution in [1.82, 2.24) is 10.2 Å². The fourth-order valence-electron chi connectivity index (χ4n) is 2.39. The number of carbonyl (C=O) groups excluding carboxylic acids is 1. The predicted molar refractivity (Wildman–Crippen MR) is 75.1 cm³/mol. The second-order valence-electron chi connectivity index (χ2n) is 5.01. The van der Waals surface area contributed by atoms with Crippen LogP contribution in [0.15, 0.2) is 18.2 Å². The standard InChI is InChI=1S/C15H21FN2O2/c1-20-14-6-5-12(9-13(14)16)10-17-11-15(19)18-7-3-2-4-8-18/h5-6,9,17H,2-4,7-8,10-11H2,1H3. The van der Waals surface area contributed by atoms with Gasteiger partial charge in [-0.05, 0) is 37.0 Å². The van der Waals surface area contributed by atoms with E-state index < -0.39 is 0 Å². The molecule has 4 nitrogen and oxygen atoms in total. The monoisotopic (exact) mass is 280 g/mol. The van der Waals surface area contributed by atoms with Gasteiger partial charge in [-0.3, -0.25) is 4.79 Å². The highest BCUT2D eigenvalue weighted by molar-refractivity contribution is 5.78. The molecule has 1 heterocycles. The number of benzene rings is 1. The Balaban J connectivity index is 1.77. The first-order valence-electron chi connectivity index (χ1n) is 7.01. The quantitative estimate of drug-likeness (QED) is 0.896. The number of piperidine rings is 1. The zero-order valence-corrected chi connectivity index (χ0v) is 11.8. The molecule has 1 fully saturated rings. The Hall–Kier alpha value is -1.62. The Labute approximate surface area is 118 Å². The van der Waals surface area contributed by atoms with Crippen molar-refractivity contribution in [3.8, 4) is 5.75 Å². The van der Waals surface area contributed by atoms with Gasteiger partial charge in [0.15, 0.2) is 11.6 Å². The maximum Gasteiger partial charge on any atom is 0.236 e. The highest BCUT2D eigenvalue weighted by atomic mass is 19.1. The summed E-state index contributed by atoms with van der Waals surface area (Å²) in [5.74, 6) is -0.0222. The van der Waals surface area contributed by atoms with E-state index in [0.717, 1.165) is 31.5 Å². The van der Waals surface area contributed by atoms with Crippen molar-refractivity contribution in [3.63, 3.8) is 0 Å². The van der Waals surface area contributed by atoms with E-state index in [0.29, 0.717) is 13.1 Å². The molecule has 0 atom stereocenters. The lowest BCUT2D eigenvalue weighted by Crippen LogP contribution is -2.40. The molecule has 5 heteroatoms. The molecule has 110 valence electrons. The molecule has 0 aliphatic carbocycles. The van der Waals surface area contributed by atoms with E-state index in [1.807, 2.05) is 4.90 Å². The molecule has 0 saturated carbocycles. The predicted octanol–water partition coefficient (Wildman–Crippen LogP) is 1.94. The average molecular weight is 280 g/mol. The number of methoxy groups -OCH3 is 1. The molecule has 0 unspecified atom stereocenters. The average Bonchev–Trinajstić information content (AvgIpc) is 2.48. The summed E-state index contributed by atoms with van der Waals surface area (Å²) in [4.78, 5) is 13.8. The Morgan fingerprint density at radius 2 is 2.10 bits per heavy atom.